The Kier molecular flexibility index (Phi) is 5.90. The highest BCUT2D eigenvalue weighted by atomic mass is 16.5. The summed E-state index contributed by atoms with van der Waals surface area (Å²) in [6, 6.07) is 4.05. The van der Waals surface area contributed by atoms with E-state index in [4.69, 9.17) is 9.84 Å². The standard InChI is InChI=1S/C18H21N3O7/c22-13-5-4-12(16(25)20-13)21-17(26)10-2-1-3-11(15(10)18(21)27)19-7-9-28-8-6-14(23)24/h1-3,12,17,19,26H,4-9H2,(H,23,24)(H,20,22,25). The molecule has 2 aliphatic heterocycles. The molecule has 1 saturated heterocycles. The van der Waals surface area contributed by atoms with E-state index in [1.54, 1.807) is 18.2 Å². The summed E-state index contributed by atoms with van der Waals surface area (Å²) in [5, 5.41) is 24.4. The van der Waals surface area contributed by atoms with Crippen LogP contribution >= 0.6 is 0 Å². The maximum absolute atomic E-state index is 12.9. The highest BCUT2D eigenvalue weighted by molar-refractivity contribution is 6.08. The summed E-state index contributed by atoms with van der Waals surface area (Å²) in [4.78, 5) is 47.9. The Morgan fingerprint density at radius 3 is 2.79 bits per heavy atom. The van der Waals surface area contributed by atoms with Crippen LogP contribution in [-0.4, -0.2) is 64.6 Å². The van der Waals surface area contributed by atoms with Crippen molar-refractivity contribution in [3.05, 3.63) is 29.3 Å². The number of imide groups is 1. The molecule has 0 aromatic heterocycles. The van der Waals surface area contributed by atoms with E-state index in [1.807, 2.05) is 0 Å². The van der Waals surface area contributed by atoms with Gasteiger partial charge in [0.15, 0.2) is 6.23 Å². The molecule has 2 aliphatic rings. The third kappa shape index (κ3) is 3.97. The number of aliphatic carboxylic acids is 1. The number of piperidine rings is 1. The number of fused-ring (bicyclic) bond motifs is 1. The number of aliphatic hydroxyl groups is 1. The number of anilines is 1. The fraction of sp³-hybridized carbons (Fsp3) is 0.444. The van der Waals surface area contributed by atoms with Gasteiger partial charge in [0, 0.05) is 24.2 Å². The molecule has 0 radical (unpaired) electrons. The second-order valence-corrected chi connectivity index (χ2v) is 6.51. The number of carbonyl (C=O) groups is 4. The zero-order chi connectivity index (χ0) is 20.3. The quantitative estimate of drug-likeness (QED) is 0.353. The van der Waals surface area contributed by atoms with Gasteiger partial charge in [0.1, 0.15) is 6.04 Å². The number of nitrogens with one attached hydrogen (secondary N) is 2. The van der Waals surface area contributed by atoms with E-state index in [2.05, 4.69) is 10.6 Å². The molecule has 0 bridgehead atoms. The molecule has 150 valence electrons. The molecule has 1 aromatic rings. The summed E-state index contributed by atoms with van der Waals surface area (Å²) in [5.74, 6) is -2.43. The van der Waals surface area contributed by atoms with Gasteiger partial charge in [-0.2, -0.15) is 0 Å². The number of carboxylic acids is 1. The fourth-order valence-electron chi connectivity index (χ4n) is 3.34. The van der Waals surface area contributed by atoms with Crippen LogP contribution in [0.5, 0.6) is 0 Å². The first-order valence-corrected chi connectivity index (χ1v) is 8.91. The van der Waals surface area contributed by atoms with Crippen LogP contribution in [0.3, 0.4) is 0 Å². The van der Waals surface area contributed by atoms with Crippen LogP contribution < -0.4 is 10.6 Å². The molecule has 3 amide bonds. The van der Waals surface area contributed by atoms with Crippen molar-refractivity contribution in [1.29, 1.82) is 0 Å². The van der Waals surface area contributed by atoms with Gasteiger partial charge in [-0.25, -0.2) is 0 Å². The van der Waals surface area contributed by atoms with Gasteiger partial charge in [-0.3, -0.25) is 29.4 Å². The van der Waals surface area contributed by atoms with Crippen molar-refractivity contribution in [2.75, 3.05) is 25.1 Å². The normalized spacial score (nSPS) is 21.5. The summed E-state index contributed by atoms with van der Waals surface area (Å²) in [7, 11) is 0. The number of carboxylic acid groups (broad SMARTS) is 1. The molecule has 1 aromatic carbocycles. The van der Waals surface area contributed by atoms with Crippen molar-refractivity contribution >= 4 is 29.4 Å². The average molecular weight is 391 g/mol. The lowest BCUT2D eigenvalue weighted by Crippen LogP contribution is -2.53. The number of rotatable bonds is 8. The molecule has 2 atom stereocenters. The van der Waals surface area contributed by atoms with E-state index in [-0.39, 0.29) is 38.0 Å². The number of benzene rings is 1. The minimum Gasteiger partial charge on any atom is -0.481 e. The molecule has 10 nitrogen and oxygen atoms in total. The van der Waals surface area contributed by atoms with Gasteiger partial charge in [-0.05, 0) is 12.5 Å². The molecule has 1 fully saturated rings. The highest BCUT2D eigenvalue weighted by Gasteiger charge is 2.45. The number of nitrogens with zero attached hydrogens (tertiary/aromatic N) is 1. The minimum absolute atomic E-state index is 0.0881. The topological polar surface area (TPSA) is 145 Å². The summed E-state index contributed by atoms with van der Waals surface area (Å²) >= 11 is 0. The lowest BCUT2D eigenvalue weighted by Gasteiger charge is -2.31. The molecular formula is C18H21N3O7. The SMILES string of the molecule is O=C(O)CCOCCNc1cccc2c1C(=O)N(C1CCC(=O)NC1=O)C2O. The molecule has 0 aliphatic carbocycles. The maximum atomic E-state index is 12.9. The number of hydrogen-bond donors (Lipinski definition) is 4. The Bertz CT molecular complexity index is 810. The van der Waals surface area contributed by atoms with Crippen molar-refractivity contribution in [3.8, 4) is 0 Å². The van der Waals surface area contributed by atoms with E-state index in [9.17, 15) is 24.3 Å². The van der Waals surface area contributed by atoms with E-state index in [0.29, 0.717) is 17.8 Å². The van der Waals surface area contributed by atoms with Crippen LogP contribution in [0, 0.1) is 0 Å². The Hall–Kier alpha value is -2.98. The van der Waals surface area contributed by atoms with E-state index >= 15 is 0 Å². The third-order valence-corrected chi connectivity index (χ3v) is 4.65. The molecule has 10 heteroatoms. The fourth-order valence-corrected chi connectivity index (χ4v) is 3.34. The van der Waals surface area contributed by atoms with Crippen LogP contribution in [0.1, 0.15) is 41.4 Å². The van der Waals surface area contributed by atoms with Crippen LogP contribution in [0.25, 0.3) is 0 Å². The summed E-state index contributed by atoms with van der Waals surface area (Å²) in [6.45, 7) is 0.660. The number of amides is 3. The largest absolute Gasteiger partial charge is 0.481 e. The van der Waals surface area contributed by atoms with Gasteiger partial charge in [-0.15, -0.1) is 0 Å². The second kappa shape index (κ2) is 8.36. The summed E-state index contributed by atoms with van der Waals surface area (Å²) in [5.41, 5.74) is 1.13. The lowest BCUT2D eigenvalue weighted by molar-refractivity contribution is -0.140. The number of ether oxygens (including phenoxy) is 1. The second-order valence-electron chi connectivity index (χ2n) is 6.51. The first-order chi connectivity index (χ1) is 13.4. The predicted molar refractivity (Wildman–Crippen MR) is 95.3 cm³/mol. The molecular weight excluding hydrogens is 370 g/mol. The van der Waals surface area contributed by atoms with Crippen LogP contribution in [0.2, 0.25) is 0 Å². The molecule has 28 heavy (non-hydrogen) atoms. The summed E-state index contributed by atoms with van der Waals surface area (Å²) < 4.78 is 5.20. The molecule has 2 unspecified atom stereocenters. The molecule has 3 rings (SSSR count). The Morgan fingerprint density at radius 1 is 1.29 bits per heavy atom. The Labute approximate surface area is 160 Å². The third-order valence-electron chi connectivity index (χ3n) is 4.65. The zero-order valence-electron chi connectivity index (χ0n) is 15.0. The van der Waals surface area contributed by atoms with Crippen molar-refractivity contribution in [2.45, 2.75) is 31.5 Å². The predicted octanol–water partition coefficient (Wildman–Crippen LogP) is -0.158. The average Bonchev–Trinajstić information content (AvgIpc) is 2.90. The first-order valence-electron chi connectivity index (χ1n) is 8.91. The van der Waals surface area contributed by atoms with Crippen molar-refractivity contribution in [3.63, 3.8) is 0 Å². The van der Waals surface area contributed by atoms with Gasteiger partial charge in [0.2, 0.25) is 11.8 Å². The van der Waals surface area contributed by atoms with E-state index < -0.39 is 36.0 Å². The Balaban J connectivity index is 1.68. The zero-order valence-corrected chi connectivity index (χ0v) is 15.0. The molecule has 0 spiro atoms. The highest BCUT2D eigenvalue weighted by Crippen LogP contribution is 2.38. The van der Waals surface area contributed by atoms with Crippen molar-refractivity contribution < 1.29 is 34.1 Å². The van der Waals surface area contributed by atoms with E-state index in [1.165, 1.54) is 0 Å². The smallest absolute Gasteiger partial charge is 0.305 e. The van der Waals surface area contributed by atoms with Crippen LogP contribution in [-0.2, 0) is 19.1 Å². The maximum Gasteiger partial charge on any atom is 0.305 e. The van der Waals surface area contributed by atoms with Crippen LogP contribution in [0.15, 0.2) is 18.2 Å². The van der Waals surface area contributed by atoms with Gasteiger partial charge >= 0.3 is 5.97 Å². The monoisotopic (exact) mass is 391 g/mol. The van der Waals surface area contributed by atoms with Crippen LogP contribution in [0.4, 0.5) is 5.69 Å². The summed E-state index contributed by atoms with van der Waals surface area (Å²) in [6.07, 6.45) is -1.12. The van der Waals surface area contributed by atoms with Gasteiger partial charge in [-0.1, -0.05) is 12.1 Å². The number of carbonyl (C=O) groups excluding carboxylic acids is 3. The van der Waals surface area contributed by atoms with E-state index in [0.717, 1.165) is 4.90 Å². The minimum atomic E-state index is -1.28. The molecule has 0 saturated carbocycles. The number of hydrogen-bond acceptors (Lipinski definition) is 7. The lowest BCUT2D eigenvalue weighted by atomic mass is 10.0. The first kappa shape index (κ1) is 19.8. The van der Waals surface area contributed by atoms with Gasteiger partial charge < -0.3 is 20.3 Å². The van der Waals surface area contributed by atoms with Crippen molar-refractivity contribution in [1.82, 2.24) is 10.2 Å². The molecule has 4 N–H and O–H groups in total. The van der Waals surface area contributed by atoms with Gasteiger partial charge in [0.05, 0.1) is 25.2 Å². The molecule has 2 heterocycles. The Morgan fingerprint density at radius 2 is 2.07 bits per heavy atom. The van der Waals surface area contributed by atoms with Crippen molar-refractivity contribution in [2.24, 2.45) is 0 Å². The number of aliphatic hydroxyl groups excluding tert-OH is 1. The van der Waals surface area contributed by atoms with Gasteiger partial charge in [0.25, 0.3) is 5.91 Å².